The van der Waals surface area contributed by atoms with E-state index < -0.39 is 0 Å². The Kier molecular flexibility index (Phi) is 11.6. The van der Waals surface area contributed by atoms with Gasteiger partial charge in [0.25, 0.3) is 0 Å². The fourth-order valence-electron chi connectivity index (χ4n) is 4.34. The molecule has 0 fully saturated rings. The Morgan fingerprint density at radius 3 is 1.67 bits per heavy atom. The van der Waals surface area contributed by atoms with Crippen LogP contribution in [0.15, 0.2) is 78.9 Å². The molecule has 3 heteroatoms. The van der Waals surface area contributed by atoms with Crippen molar-refractivity contribution in [3.05, 3.63) is 112 Å². The number of hydrogen-bond acceptors (Lipinski definition) is 3. The Balaban J connectivity index is 1.71. The van der Waals surface area contributed by atoms with E-state index in [4.69, 9.17) is 9.47 Å². The number of hydrogen-bond donors (Lipinski definition) is 0. The third-order valence-electron chi connectivity index (χ3n) is 7.14. The number of ether oxygens (including phenoxy) is 2. The first-order valence-corrected chi connectivity index (χ1v) is 15.0. The van der Waals surface area contributed by atoms with Crippen molar-refractivity contribution in [2.45, 2.75) is 78.6 Å². The molecule has 0 radical (unpaired) electrons. The summed E-state index contributed by atoms with van der Waals surface area (Å²) in [5.41, 5.74) is 7.80. The smallest absolute Gasteiger partial charge is 0.333 e. The second kappa shape index (κ2) is 14.9. The largest absolute Gasteiger partial charge is 0.493 e. The third kappa shape index (κ3) is 10.5. The van der Waals surface area contributed by atoms with Crippen molar-refractivity contribution in [3.8, 4) is 5.75 Å². The Bertz CT molecular complexity index is 1380. The minimum atomic E-state index is -0.328. The quantitative estimate of drug-likeness (QED) is 0.0950. The fourth-order valence-corrected chi connectivity index (χ4v) is 4.34. The standard InChI is InChI=1S/C39H48O3/c1-29(2)37(40)42-27-11-9-10-26-41-36-28-32(13-12-30-16-22-34(23-17-30)38(3,4)5)15-21-33(36)20-14-31-18-24-35(25-19-31)39(6,7)8/h12-25,28H,1,9-11,26-27H2,2-8H3/b13-12+,20-14+. The molecule has 0 amide bonds. The molecule has 0 bridgehead atoms. The van der Waals surface area contributed by atoms with Gasteiger partial charge in [0.2, 0.25) is 0 Å². The Morgan fingerprint density at radius 1 is 0.667 bits per heavy atom. The first-order chi connectivity index (χ1) is 19.8. The maximum Gasteiger partial charge on any atom is 0.333 e. The monoisotopic (exact) mass is 564 g/mol. The summed E-state index contributed by atoms with van der Waals surface area (Å²) in [5, 5.41) is 0. The van der Waals surface area contributed by atoms with E-state index in [0.717, 1.165) is 41.7 Å². The van der Waals surface area contributed by atoms with Gasteiger partial charge >= 0.3 is 5.97 Å². The first kappa shape index (κ1) is 32.7. The van der Waals surface area contributed by atoms with E-state index in [1.165, 1.54) is 16.7 Å². The number of unbranched alkanes of at least 4 members (excludes halogenated alkanes) is 2. The summed E-state index contributed by atoms with van der Waals surface area (Å²) in [4.78, 5) is 11.6. The van der Waals surface area contributed by atoms with Crippen LogP contribution in [0.4, 0.5) is 0 Å². The highest BCUT2D eigenvalue weighted by Crippen LogP contribution is 2.27. The number of carbonyl (C=O) groups excluding carboxylic acids is 1. The van der Waals surface area contributed by atoms with Crippen molar-refractivity contribution in [2.75, 3.05) is 13.2 Å². The lowest BCUT2D eigenvalue weighted by atomic mass is 9.86. The van der Waals surface area contributed by atoms with Crippen molar-refractivity contribution >= 4 is 30.3 Å². The number of carbonyl (C=O) groups is 1. The van der Waals surface area contributed by atoms with E-state index in [1.54, 1.807) is 6.92 Å². The second-order valence-electron chi connectivity index (χ2n) is 13.0. The topological polar surface area (TPSA) is 35.5 Å². The van der Waals surface area contributed by atoms with Crippen LogP contribution in [-0.4, -0.2) is 19.2 Å². The summed E-state index contributed by atoms with van der Waals surface area (Å²) in [6.07, 6.45) is 11.1. The average Bonchev–Trinajstić information content (AvgIpc) is 2.94. The molecule has 0 N–H and O–H groups in total. The molecule has 42 heavy (non-hydrogen) atoms. The highest BCUT2D eigenvalue weighted by molar-refractivity contribution is 5.86. The Morgan fingerprint density at radius 2 is 1.14 bits per heavy atom. The molecule has 0 saturated carbocycles. The van der Waals surface area contributed by atoms with E-state index in [1.807, 2.05) is 0 Å². The van der Waals surface area contributed by atoms with Gasteiger partial charge < -0.3 is 9.47 Å². The highest BCUT2D eigenvalue weighted by Gasteiger charge is 2.13. The molecule has 0 heterocycles. The first-order valence-electron chi connectivity index (χ1n) is 15.0. The predicted molar refractivity (Wildman–Crippen MR) is 180 cm³/mol. The van der Waals surface area contributed by atoms with Gasteiger partial charge in [-0.25, -0.2) is 4.79 Å². The van der Waals surface area contributed by atoms with Crippen molar-refractivity contribution in [1.29, 1.82) is 0 Å². The molecule has 0 unspecified atom stereocenters. The molecule has 0 atom stereocenters. The van der Waals surface area contributed by atoms with E-state index in [9.17, 15) is 4.79 Å². The minimum absolute atomic E-state index is 0.132. The van der Waals surface area contributed by atoms with Crippen LogP contribution in [0.3, 0.4) is 0 Å². The van der Waals surface area contributed by atoms with E-state index in [0.29, 0.717) is 18.8 Å². The van der Waals surface area contributed by atoms with Gasteiger partial charge in [-0.3, -0.25) is 0 Å². The maximum absolute atomic E-state index is 11.6. The summed E-state index contributed by atoms with van der Waals surface area (Å²) in [7, 11) is 0. The molecule has 0 aliphatic heterocycles. The minimum Gasteiger partial charge on any atom is -0.493 e. The molecule has 3 aromatic rings. The lowest BCUT2D eigenvalue weighted by molar-refractivity contribution is -0.139. The van der Waals surface area contributed by atoms with Gasteiger partial charge in [0.1, 0.15) is 5.75 Å². The van der Waals surface area contributed by atoms with Crippen molar-refractivity contribution in [2.24, 2.45) is 0 Å². The summed E-state index contributed by atoms with van der Waals surface area (Å²) in [6, 6.07) is 23.8. The number of benzene rings is 3. The van der Waals surface area contributed by atoms with Crippen LogP contribution in [-0.2, 0) is 20.4 Å². The number of esters is 1. The van der Waals surface area contributed by atoms with Crippen LogP contribution in [0.5, 0.6) is 5.75 Å². The van der Waals surface area contributed by atoms with E-state index in [2.05, 4.69) is 139 Å². The maximum atomic E-state index is 11.6. The van der Waals surface area contributed by atoms with Crippen LogP contribution < -0.4 is 4.74 Å². The fraction of sp³-hybridized carbons (Fsp3) is 0.359. The molecule has 3 aromatic carbocycles. The van der Waals surface area contributed by atoms with Crippen LogP contribution in [0.1, 0.15) is 101 Å². The second-order valence-corrected chi connectivity index (χ2v) is 13.0. The molecule has 0 saturated heterocycles. The average molecular weight is 565 g/mol. The normalized spacial score (nSPS) is 12.2. The molecule has 0 aliphatic rings. The summed E-state index contributed by atoms with van der Waals surface area (Å²) >= 11 is 0. The third-order valence-corrected chi connectivity index (χ3v) is 7.14. The van der Waals surface area contributed by atoms with Gasteiger partial charge in [-0.1, -0.05) is 133 Å². The zero-order valence-corrected chi connectivity index (χ0v) is 26.6. The molecule has 3 nitrogen and oxygen atoms in total. The molecule has 0 aliphatic carbocycles. The van der Waals surface area contributed by atoms with Crippen molar-refractivity contribution in [1.82, 2.24) is 0 Å². The molecular weight excluding hydrogens is 516 g/mol. The van der Waals surface area contributed by atoms with Gasteiger partial charge in [0.05, 0.1) is 13.2 Å². The summed E-state index contributed by atoms with van der Waals surface area (Å²) < 4.78 is 11.5. The van der Waals surface area contributed by atoms with Crippen molar-refractivity contribution in [3.63, 3.8) is 0 Å². The van der Waals surface area contributed by atoms with Crippen LogP contribution in [0.25, 0.3) is 24.3 Å². The van der Waals surface area contributed by atoms with Crippen LogP contribution >= 0.6 is 0 Å². The van der Waals surface area contributed by atoms with Gasteiger partial charge in [0, 0.05) is 11.1 Å². The van der Waals surface area contributed by atoms with Gasteiger partial charge in [0.15, 0.2) is 0 Å². The zero-order chi connectivity index (χ0) is 30.8. The molecule has 0 aromatic heterocycles. The van der Waals surface area contributed by atoms with Crippen molar-refractivity contribution < 1.29 is 14.3 Å². The van der Waals surface area contributed by atoms with Crippen LogP contribution in [0.2, 0.25) is 0 Å². The lowest BCUT2D eigenvalue weighted by Crippen LogP contribution is -2.10. The molecule has 3 rings (SSSR count). The number of rotatable bonds is 12. The molecule has 222 valence electrons. The summed E-state index contributed by atoms with van der Waals surface area (Å²) in [6.45, 7) is 19.7. The van der Waals surface area contributed by atoms with Gasteiger partial charge in [-0.15, -0.1) is 0 Å². The SMILES string of the molecule is C=C(C)C(=O)OCCCCCOc1cc(/C=C/c2ccc(C(C)(C)C)cc2)ccc1/C=C/c1ccc(C(C)(C)C)cc1. The predicted octanol–water partition coefficient (Wildman–Crippen LogP) is 10.3. The van der Waals surface area contributed by atoms with Gasteiger partial charge in [-0.2, -0.15) is 0 Å². The molecular formula is C39H48O3. The van der Waals surface area contributed by atoms with E-state index in [-0.39, 0.29) is 16.8 Å². The summed E-state index contributed by atoms with van der Waals surface area (Å²) in [5.74, 6) is 0.530. The Labute approximate surface area is 254 Å². The van der Waals surface area contributed by atoms with Gasteiger partial charge in [-0.05, 0) is 70.9 Å². The zero-order valence-electron chi connectivity index (χ0n) is 26.6. The molecule has 0 spiro atoms. The lowest BCUT2D eigenvalue weighted by Gasteiger charge is -2.18. The van der Waals surface area contributed by atoms with Crippen LogP contribution in [0, 0.1) is 0 Å². The van der Waals surface area contributed by atoms with E-state index >= 15 is 0 Å². The highest BCUT2D eigenvalue weighted by atomic mass is 16.5. The Hall–Kier alpha value is -3.85.